The molecule has 0 spiro atoms. The summed E-state index contributed by atoms with van der Waals surface area (Å²) in [6.07, 6.45) is 3.76. The number of amides is 1. The van der Waals surface area contributed by atoms with E-state index in [0.29, 0.717) is 17.8 Å². The van der Waals surface area contributed by atoms with Crippen LogP contribution in [0, 0.1) is 19.8 Å². The largest absolute Gasteiger partial charge is 0.465 e. The standard InChI is InChI=1S/C19H24N4O3.ClH/c1-11-5-14(6-15(12(11)2)19(25)26-4)22-18(24)17-9-20-8-16(17)13-7-21-23(3)10-13;/h5-7,10,16-17,20H,8-9H2,1-4H3,(H,22,24);1H/t16-,17+;/m1./s1. The Morgan fingerprint density at radius 1 is 1.30 bits per heavy atom. The predicted molar refractivity (Wildman–Crippen MR) is 105 cm³/mol. The van der Waals surface area contributed by atoms with Crippen LogP contribution < -0.4 is 10.6 Å². The third-order valence-corrected chi connectivity index (χ3v) is 5.04. The van der Waals surface area contributed by atoms with E-state index in [1.807, 2.05) is 39.4 Å². The highest BCUT2D eigenvalue weighted by atomic mass is 35.5. The smallest absolute Gasteiger partial charge is 0.338 e. The molecule has 1 aliphatic rings. The minimum Gasteiger partial charge on any atom is -0.465 e. The number of aryl methyl sites for hydroxylation is 2. The van der Waals surface area contributed by atoms with Crippen LogP contribution >= 0.6 is 12.4 Å². The molecule has 1 fully saturated rings. The van der Waals surface area contributed by atoms with Crippen LogP contribution in [0.3, 0.4) is 0 Å². The number of hydrogen-bond donors (Lipinski definition) is 2. The molecule has 1 amide bonds. The first-order valence-corrected chi connectivity index (χ1v) is 8.60. The summed E-state index contributed by atoms with van der Waals surface area (Å²) < 4.78 is 6.58. The summed E-state index contributed by atoms with van der Waals surface area (Å²) in [4.78, 5) is 24.8. The maximum absolute atomic E-state index is 12.9. The Morgan fingerprint density at radius 2 is 2.04 bits per heavy atom. The van der Waals surface area contributed by atoms with Crippen LogP contribution in [0.5, 0.6) is 0 Å². The zero-order valence-electron chi connectivity index (χ0n) is 15.9. The highest BCUT2D eigenvalue weighted by Gasteiger charge is 2.34. The van der Waals surface area contributed by atoms with Crippen LogP contribution in [0.2, 0.25) is 0 Å². The molecule has 1 aliphatic heterocycles. The second-order valence-electron chi connectivity index (χ2n) is 6.77. The number of rotatable bonds is 4. The first-order chi connectivity index (χ1) is 12.4. The minimum atomic E-state index is -0.405. The number of nitrogens with zero attached hydrogens (tertiary/aromatic N) is 2. The first kappa shape index (κ1) is 20.9. The highest BCUT2D eigenvalue weighted by Crippen LogP contribution is 2.29. The molecule has 0 unspecified atom stereocenters. The Balaban J connectivity index is 0.00000261. The Hall–Kier alpha value is -2.38. The molecule has 2 aromatic rings. The van der Waals surface area contributed by atoms with Gasteiger partial charge in [-0.3, -0.25) is 9.48 Å². The summed E-state index contributed by atoms with van der Waals surface area (Å²) in [7, 11) is 3.22. The van der Waals surface area contributed by atoms with Crippen LogP contribution in [-0.2, 0) is 16.6 Å². The van der Waals surface area contributed by atoms with Crippen molar-refractivity contribution < 1.29 is 14.3 Å². The molecule has 7 nitrogen and oxygen atoms in total. The van der Waals surface area contributed by atoms with Crippen molar-refractivity contribution in [3.05, 3.63) is 46.8 Å². The van der Waals surface area contributed by atoms with E-state index < -0.39 is 5.97 Å². The number of carbonyl (C=O) groups excluding carboxylic acids is 2. The molecule has 2 atom stereocenters. The molecule has 2 heterocycles. The van der Waals surface area contributed by atoms with Gasteiger partial charge in [-0.2, -0.15) is 5.10 Å². The van der Waals surface area contributed by atoms with E-state index in [-0.39, 0.29) is 30.2 Å². The second kappa shape index (κ2) is 8.54. The van der Waals surface area contributed by atoms with Crippen molar-refractivity contribution in [3.8, 4) is 0 Å². The number of esters is 1. The molecule has 0 aliphatic carbocycles. The van der Waals surface area contributed by atoms with Crippen molar-refractivity contribution in [3.63, 3.8) is 0 Å². The van der Waals surface area contributed by atoms with Crippen molar-refractivity contribution in [1.29, 1.82) is 0 Å². The van der Waals surface area contributed by atoms with Gasteiger partial charge < -0.3 is 15.4 Å². The molecule has 8 heteroatoms. The average Bonchev–Trinajstić information content (AvgIpc) is 3.25. The van der Waals surface area contributed by atoms with Gasteiger partial charge in [-0.15, -0.1) is 12.4 Å². The normalized spacial score (nSPS) is 18.7. The van der Waals surface area contributed by atoms with E-state index in [1.54, 1.807) is 10.7 Å². The fourth-order valence-corrected chi connectivity index (χ4v) is 3.42. The Kier molecular flexibility index (Phi) is 6.62. The molecule has 146 valence electrons. The number of methoxy groups -OCH3 is 1. The molecule has 1 aromatic carbocycles. The summed E-state index contributed by atoms with van der Waals surface area (Å²) >= 11 is 0. The summed E-state index contributed by atoms with van der Waals surface area (Å²) in [6, 6.07) is 3.55. The lowest BCUT2D eigenvalue weighted by Gasteiger charge is -2.18. The van der Waals surface area contributed by atoms with E-state index in [0.717, 1.165) is 23.2 Å². The number of aromatic nitrogens is 2. The summed E-state index contributed by atoms with van der Waals surface area (Å²) in [5.41, 5.74) is 3.90. The van der Waals surface area contributed by atoms with E-state index in [2.05, 4.69) is 15.7 Å². The summed E-state index contributed by atoms with van der Waals surface area (Å²) in [5, 5.41) is 10.5. The lowest BCUT2D eigenvalue weighted by atomic mass is 9.90. The maximum atomic E-state index is 12.9. The van der Waals surface area contributed by atoms with Crippen LogP contribution in [0.4, 0.5) is 5.69 Å². The van der Waals surface area contributed by atoms with Gasteiger partial charge >= 0.3 is 5.97 Å². The molecular formula is C19H25ClN4O3. The molecular weight excluding hydrogens is 368 g/mol. The second-order valence-corrected chi connectivity index (χ2v) is 6.77. The van der Waals surface area contributed by atoms with Gasteiger partial charge in [-0.25, -0.2) is 4.79 Å². The number of hydrogen-bond acceptors (Lipinski definition) is 5. The van der Waals surface area contributed by atoms with Crippen molar-refractivity contribution in [1.82, 2.24) is 15.1 Å². The summed E-state index contributed by atoms with van der Waals surface area (Å²) in [5.74, 6) is -0.585. The Labute approximate surface area is 164 Å². The number of carbonyl (C=O) groups is 2. The molecule has 3 rings (SSSR count). The van der Waals surface area contributed by atoms with Crippen LogP contribution in [-0.4, -0.2) is 41.9 Å². The number of benzene rings is 1. The molecule has 1 aromatic heterocycles. The van der Waals surface area contributed by atoms with Crippen molar-refractivity contribution in [2.24, 2.45) is 13.0 Å². The van der Waals surface area contributed by atoms with Crippen molar-refractivity contribution >= 4 is 30.0 Å². The van der Waals surface area contributed by atoms with E-state index in [9.17, 15) is 9.59 Å². The zero-order chi connectivity index (χ0) is 18.8. The maximum Gasteiger partial charge on any atom is 0.338 e. The molecule has 1 saturated heterocycles. The lowest BCUT2D eigenvalue weighted by Crippen LogP contribution is -2.28. The van der Waals surface area contributed by atoms with Crippen LogP contribution in [0.1, 0.15) is 33.0 Å². The van der Waals surface area contributed by atoms with Gasteiger partial charge in [0.2, 0.25) is 5.91 Å². The number of nitrogens with one attached hydrogen (secondary N) is 2. The molecule has 0 bridgehead atoms. The van der Waals surface area contributed by atoms with Crippen LogP contribution in [0.15, 0.2) is 24.5 Å². The van der Waals surface area contributed by atoms with Gasteiger partial charge in [-0.05, 0) is 42.7 Å². The van der Waals surface area contributed by atoms with E-state index in [4.69, 9.17) is 4.74 Å². The Bertz CT molecular complexity index is 849. The first-order valence-electron chi connectivity index (χ1n) is 8.60. The number of halogens is 1. The third kappa shape index (κ3) is 4.31. The minimum absolute atomic E-state index is 0. The zero-order valence-corrected chi connectivity index (χ0v) is 16.7. The van der Waals surface area contributed by atoms with E-state index in [1.165, 1.54) is 7.11 Å². The third-order valence-electron chi connectivity index (χ3n) is 5.04. The van der Waals surface area contributed by atoms with Crippen molar-refractivity contribution in [2.45, 2.75) is 19.8 Å². The van der Waals surface area contributed by atoms with Gasteiger partial charge in [0, 0.05) is 37.9 Å². The highest BCUT2D eigenvalue weighted by molar-refractivity contribution is 5.97. The average molecular weight is 393 g/mol. The number of ether oxygens (including phenoxy) is 1. The van der Waals surface area contributed by atoms with Gasteiger partial charge in [0.05, 0.1) is 24.8 Å². The fraction of sp³-hybridized carbons (Fsp3) is 0.421. The lowest BCUT2D eigenvalue weighted by molar-refractivity contribution is -0.119. The van der Waals surface area contributed by atoms with Gasteiger partial charge in [0.25, 0.3) is 0 Å². The molecule has 0 radical (unpaired) electrons. The monoisotopic (exact) mass is 392 g/mol. The molecule has 27 heavy (non-hydrogen) atoms. The quantitative estimate of drug-likeness (QED) is 0.779. The SMILES string of the molecule is COC(=O)c1cc(NC(=O)[C@H]2CNC[C@@H]2c2cnn(C)c2)cc(C)c1C.Cl. The van der Waals surface area contributed by atoms with Crippen LogP contribution in [0.25, 0.3) is 0 Å². The fourth-order valence-electron chi connectivity index (χ4n) is 3.42. The van der Waals surface area contributed by atoms with E-state index >= 15 is 0 Å². The topological polar surface area (TPSA) is 85.2 Å². The van der Waals surface area contributed by atoms with Crippen molar-refractivity contribution in [2.75, 3.05) is 25.5 Å². The van der Waals surface area contributed by atoms with Gasteiger partial charge in [0.1, 0.15) is 0 Å². The predicted octanol–water partition coefficient (Wildman–Crippen LogP) is 2.19. The van der Waals surface area contributed by atoms with Gasteiger partial charge in [-0.1, -0.05) is 0 Å². The summed E-state index contributed by atoms with van der Waals surface area (Å²) in [6.45, 7) is 5.13. The number of anilines is 1. The molecule has 0 saturated carbocycles. The molecule has 2 N–H and O–H groups in total. The van der Waals surface area contributed by atoms with Gasteiger partial charge in [0.15, 0.2) is 0 Å². The Morgan fingerprint density at radius 3 is 2.67 bits per heavy atom.